The van der Waals surface area contributed by atoms with E-state index in [2.05, 4.69) is 33.4 Å². The first-order valence-corrected chi connectivity index (χ1v) is 11.0. The predicted octanol–water partition coefficient (Wildman–Crippen LogP) is 6.12. The van der Waals surface area contributed by atoms with Crippen LogP contribution in [0.4, 0.5) is 0 Å². The summed E-state index contributed by atoms with van der Waals surface area (Å²) >= 11 is 3.29. The van der Waals surface area contributed by atoms with E-state index in [1.54, 1.807) is 43.3 Å². The van der Waals surface area contributed by atoms with Crippen molar-refractivity contribution in [2.45, 2.75) is 27.2 Å². The van der Waals surface area contributed by atoms with Gasteiger partial charge < -0.3 is 14.6 Å². The lowest BCUT2D eigenvalue weighted by Crippen LogP contribution is -2.17. The highest BCUT2D eigenvalue weighted by Crippen LogP contribution is 2.29. The van der Waals surface area contributed by atoms with Gasteiger partial charge in [-0.1, -0.05) is 19.1 Å². The minimum atomic E-state index is -0.364. The van der Waals surface area contributed by atoms with E-state index >= 15 is 0 Å². The van der Waals surface area contributed by atoms with Gasteiger partial charge in [0, 0.05) is 11.6 Å². The predicted molar refractivity (Wildman–Crippen MR) is 129 cm³/mol. The van der Waals surface area contributed by atoms with E-state index in [-0.39, 0.29) is 11.7 Å². The fraction of sp³-hybridized carbons (Fsp3) is 0.200. The van der Waals surface area contributed by atoms with Gasteiger partial charge in [-0.25, -0.2) is 5.43 Å². The molecule has 3 aromatic rings. The number of rotatable bonds is 8. The average molecular weight is 497 g/mol. The zero-order valence-electron chi connectivity index (χ0n) is 18.2. The molecule has 6 nitrogen and oxygen atoms in total. The van der Waals surface area contributed by atoms with Gasteiger partial charge in [0.25, 0.3) is 5.91 Å². The third-order valence-electron chi connectivity index (χ3n) is 4.61. The Bertz CT molecular complexity index is 1120. The van der Waals surface area contributed by atoms with Crippen LogP contribution < -0.4 is 14.9 Å². The molecule has 166 valence electrons. The molecule has 2 N–H and O–H groups in total. The minimum Gasteiger partial charge on any atom is -0.506 e. The number of ether oxygens (including phenoxy) is 2. The van der Waals surface area contributed by atoms with Crippen molar-refractivity contribution in [2.75, 3.05) is 6.61 Å². The Balaban J connectivity index is 1.67. The zero-order valence-corrected chi connectivity index (χ0v) is 19.8. The molecule has 0 saturated carbocycles. The molecule has 0 aliphatic heterocycles. The third kappa shape index (κ3) is 6.11. The molecule has 1 amide bonds. The number of halogens is 1. The highest BCUT2D eigenvalue weighted by atomic mass is 79.9. The molecular formula is C25H25BrN2O4. The number of nitrogens with one attached hydrogen (secondary N) is 1. The highest BCUT2D eigenvalue weighted by molar-refractivity contribution is 9.10. The van der Waals surface area contributed by atoms with Crippen molar-refractivity contribution in [3.05, 3.63) is 81.3 Å². The Labute approximate surface area is 196 Å². The molecule has 32 heavy (non-hydrogen) atoms. The molecule has 0 fully saturated rings. The van der Waals surface area contributed by atoms with Crippen LogP contribution in [0.1, 0.15) is 40.4 Å². The molecule has 0 aliphatic rings. The second-order valence-corrected chi connectivity index (χ2v) is 8.13. The molecule has 0 radical (unpaired) electrons. The van der Waals surface area contributed by atoms with Crippen LogP contribution in [0.5, 0.6) is 23.0 Å². The average Bonchev–Trinajstić information content (AvgIpc) is 2.78. The Morgan fingerprint density at radius 2 is 1.88 bits per heavy atom. The van der Waals surface area contributed by atoms with Crippen LogP contribution in [0.25, 0.3) is 0 Å². The molecule has 0 unspecified atom stereocenters. The quantitative estimate of drug-likeness (QED) is 0.291. The summed E-state index contributed by atoms with van der Waals surface area (Å²) in [6.07, 6.45) is 2.44. The number of phenolic OH excluding ortho intramolecular Hbond substituents is 1. The van der Waals surface area contributed by atoms with Crippen LogP contribution in [0, 0.1) is 13.8 Å². The number of hydrogen-bond donors (Lipinski definition) is 2. The van der Waals surface area contributed by atoms with Gasteiger partial charge in [0.15, 0.2) is 0 Å². The van der Waals surface area contributed by atoms with Crippen LogP contribution in [-0.4, -0.2) is 23.8 Å². The molecule has 0 aliphatic carbocycles. The highest BCUT2D eigenvalue weighted by Gasteiger charge is 2.08. The van der Waals surface area contributed by atoms with Crippen molar-refractivity contribution in [3.63, 3.8) is 0 Å². The van der Waals surface area contributed by atoms with Crippen LogP contribution >= 0.6 is 15.9 Å². The maximum Gasteiger partial charge on any atom is 0.271 e. The van der Waals surface area contributed by atoms with E-state index in [1.807, 2.05) is 25.1 Å². The lowest BCUT2D eigenvalue weighted by Gasteiger charge is -2.12. The fourth-order valence-electron chi connectivity index (χ4n) is 2.92. The van der Waals surface area contributed by atoms with Gasteiger partial charge in [0.05, 0.1) is 17.3 Å². The first-order chi connectivity index (χ1) is 15.4. The first kappa shape index (κ1) is 23.3. The number of benzene rings is 3. The van der Waals surface area contributed by atoms with Crippen molar-refractivity contribution >= 4 is 28.1 Å². The standard InChI is InChI=1S/C25H25BrN2O4/c1-4-10-31-23-14-21(9-8-16(23)2)32-20-7-5-6-19(13-20)25(30)28-27-15-18-11-17(3)24(29)22(26)12-18/h5-9,11-15,29H,4,10H2,1-3H3,(H,28,30)/b27-15+. The van der Waals surface area contributed by atoms with Crippen LogP contribution in [0.15, 0.2) is 64.2 Å². The van der Waals surface area contributed by atoms with Gasteiger partial charge >= 0.3 is 0 Å². The second-order valence-electron chi connectivity index (χ2n) is 7.27. The summed E-state index contributed by atoms with van der Waals surface area (Å²) in [5, 5.41) is 13.8. The lowest BCUT2D eigenvalue weighted by atomic mass is 10.1. The topological polar surface area (TPSA) is 80.2 Å². The summed E-state index contributed by atoms with van der Waals surface area (Å²) < 4.78 is 12.2. The summed E-state index contributed by atoms with van der Waals surface area (Å²) in [5.41, 5.74) is 5.40. The van der Waals surface area contributed by atoms with Gasteiger partial charge in [0.2, 0.25) is 0 Å². The number of hydrogen-bond acceptors (Lipinski definition) is 5. The molecule has 0 bridgehead atoms. The third-order valence-corrected chi connectivity index (χ3v) is 5.21. The van der Waals surface area contributed by atoms with Gasteiger partial charge in [-0.2, -0.15) is 5.10 Å². The fourth-order valence-corrected chi connectivity index (χ4v) is 3.49. The summed E-state index contributed by atoms with van der Waals surface area (Å²) in [6, 6.07) is 16.0. The smallest absolute Gasteiger partial charge is 0.271 e. The number of aryl methyl sites for hydroxylation is 2. The molecule has 0 spiro atoms. The normalized spacial score (nSPS) is 10.9. The molecule has 0 heterocycles. The summed E-state index contributed by atoms with van der Waals surface area (Å²) in [5.74, 6) is 1.76. The maximum atomic E-state index is 12.5. The van der Waals surface area contributed by atoms with Crippen LogP contribution in [0.2, 0.25) is 0 Å². The van der Waals surface area contributed by atoms with Crippen molar-refractivity contribution in [1.29, 1.82) is 0 Å². The van der Waals surface area contributed by atoms with Crippen LogP contribution in [-0.2, 0) is 0 Å². The maximum absolute atomic E-state index is 12.5. The number of hydrazone groups is 1. The van der Waals surface area contributed by atoms with E-state index in [0.717, 1.165) is 23.3 Å². The van der Waals surface area contributed by atoms with Crippen molar-refractivity contribution in [1.82, 2.24) is 5.43 Å². The summed E-state index contributed by atoms with van der Waals surface area (Å²) in [7, 11) is 0. The molecule has 3 aromatic carbocycles. The van der Waals surface area contributed by atoms with Crippen molar-refractivity contribution in [2.24, 2.45) is 5.10 Å². The summed E-state index contributed by atoms with van der Waals surface area (Å²) in [6.45, 7) is 6.47. The number of phenols is 1. The molecular weight excluding hydrogens is 472 g/mol. The number of nitrogens with zero attached hydrogens (tertiary/aromatic N) is 1. The van der Waals surface area contributed by atoms with Crippen molar-refractivity contribution < 1.29 is 19.4 Å². The molecule has 0 saturated heterocycles. The minimum absolute atomic E-state index is 0.181. The van der Waals surface area contributed by atoms with Gasteiger partial charge in [-0.15, -0.1) is 0 Å². The Morgan fingerprint density at radius 3 is 2.62 bits per heavy atom. The van der Waals surface area contributed by atoms with E-state index in [9.17, 15) is 9.90 Å². The Hall–Kier alpha value is -3.32. The van der Waals surface area contributed by atoms with Crippen LogP contribution in [0.3, 0.4) is 0 Å². The van der Waals surface area contributed by atoms with E-state index < -0.39 is 0 Å². The van der Waals surface area contributed by atoms with Gasteiger partial charge in [-0.3, -0.25) is 4.79 Å². The van der Waals surface area contributed by atoms with E-state index in [0.29, 0.717) is 33.7 Å². The first-order valence-electron chi connectivity index (χ1n) is 10.2. The Morgan fingerprint density at radius 1 is 1.09 bits per heavy atom. The van der Waals surface area contributed by atoms with E-state index in [4.69, 9.17) is 9.47 Å². The Kier molecular flexibility index (Phi) is 7.89. The zero-order chi connectivity index (χ0) is 23.1. The number of carbonyl (C=O) groups is 1. The largest absolute Gasteiger partial charge is 0.506 e. The monoisotopic (exact) mass is 496 g/mol. The molecule has 3 rings (SSSR count). The SMILES string of the molecule is CCCOc1cc(Oc2cccc(C(=O)N/N=C/c3cc(C)c(O)c(Br)c3)c2)ccc1C. The molecule has 7 heteroatoms. The molecule has 0 aromatic heterocycles. The van der Waals surface area contributed by atoms with E-state index in [1.165, 1.54) is 6.21 Å². The number of aromatic hydroxyl groups is 1. The second kappa shape index (κ2) is 10.8. The number of carbonyl (C=O) groups excluding carboxylic acids is 1. The molecule has 0 atom stereocenters. The lowest BCUT2D eigenvalue weighted by molar-refractivity contribution is 0.0955. The number of amides is 1. The van der Waals surface area contributed by atoms with Gasteiger partial charge in [0.1, 0.15) is 23.0 Å². The van der Waals surface area contributed by atoms with Crippen molar-refractivity contribution in [3.8, 4) is 23.0 Å². The summed E-state index contributed by atoms with van der Waals surface area (Å²) in [4.78, 5) is 12.5. The van der Waals surface area contributed by atoms with Gasteiger partial charge in [-0.05, 0) is 89.3 Å².